The molecule has 1 amide bonds. The second-order valence-corrected chi connectivity index (χ2v) is 3.62. The Morgan fingerprint density at radius 2 is 2.24 bits per heavy atom. The number of carbonyl (C=O) groups excluding carboxylic acids is 1. The number of nitrogens with two attached hydrogens (primary N) is 1. The monoisotopic (exact) mass is 244 g/mol. The zero-order valence-corrected chi connectivity index (χ0v) is 8.67. The van der Waals surface area contributed by atoms with Crippen molar-refractivity contribution in [2.24, 2.45) is 5.73 Å². The molecule has 1 aromatic rings. The SMILES string of the molecule is NC(=O)c1ncnn1[C@@H]1O[C@H](CO)[C@H](O)[C@@H]1O. The Labute approximate surface area is 95.4 Å². The molecule has 1 aliphatic heterocycles. The molecule has 5 N–H and O–H groups in total. The summed E-state index contributed by atoms with van der Waals surface area (Å²) in [6.45, 7) is -0.463. The zero-order chi connectivity index (χ0) is 12.6. The van der Waals surface area contributed by atoms with Gasteiger partial charge < -0.3 is 25.8 Å². The molecule has 1 fully saturated rings. The van der Waals surface area contributed by atoms with Gasteiger partial charge in [-0.2, -0.15) is 5.10 Å². The number of amides is 1. The van der Waals surface area contributed by atoms with Crippen LogP contribution >= 0.6 is 0 Å². The molecule has 1 saturated heterocycles. The summed E-state index contributed by atoms with van der Waals surface area (Å²) in [5, 5.41) is 31.9. The quantitative estimate of drug-likeness (QED) is 0.443. The molecular formula is C8H12N4O5. The topological polar surface area (TPSA) is 144 Å². The van der Waals surface area contributed by atoms with Crippen molar-refractivity contribution in [1.82, 2.24) is 14.8 Å². The molecule has 1 aromatic heterocycles. The molecule has 9 nitrogen and oxygen atoms in total. The van der Waals surface area contributed by atoms with Crippen LogP contribution < -0.4 is 5.73 Å². The van der Waals surface area contributed by atoms with Gasteiger partial charge in [0.05, 0.1) is 6.61 Å². The summed E-state index contributed by atoms with van der Waals surface area (Å²) in [5.74, 6) is -1.03. The van der Waals surface area contributed by atoms with Crippen LogP contribution in [0.15, 0.2) is 6.33 Å². The summed E-state index contributed by atoms with van der Waals surface area (Å²) in [6, 6.07) is 0. The minimum Gasteiger partial charge on any atom is -0.394 e. The number of aliphatic hydroxyl groups excluding tert-OH is 3. The molecule has 0 saturated carbocycles. The van der Waals surface area contributed by atoms with Gasteiger partial charge in [-0.1, -0.05) is 0 Å². The predicted molar refractivity (Wildman–Crippen MR) is 51.5 cm³/mol. The van der Waals surface area contributed by atoms with Gasteiger partial charge in [-0.05, 0) is 0 Å². The molecule has 4 atom stereocenters. The van der Waals surface area contributed by atoms with Gasteiger partial charge >= 0.3 is 0 Å². The minimum absolute atomic E-state index is 0.195. The molecule has 2 heterocycles. The molecule has 0 aliphatic carbocycles. The highest BCUT2D eigenvalue weighted by Gasteiger charge is 2.44. The second-order valence-electron chi connectivity index (χ2n) is 3.62. The summed E-state index contributed by atoms with van der Waals surface area (Å²) in [4.78, 5) is 14.6. The van der Waals surface area contributed by atoms with Gasteiger partial charge in [-0.25, -0.2) is 9.67 Å². The summed E-state index contributed by atoms with van der Waals surface area (Å²) in [5.41, 5.74) is 5.06. The van der Waals surface area contributed by atoms with E-state index in [1.165, 1.54) is 0 Å². The van der Waals surface area contributed by atoms with Crippen LogP contribution in [0.25, 0.3) is 0 Å². The highest BCUT2D eigenvalue weighted by atomic mass is 16.6. The first-order chi connectivity index (χ1) is 8.06. The van der Waals surface area contributed by atoms with Crippen molar-refractivity contribution < 1.29 is 24.9 Å². The largest absolute Gasteiger partial charge is 0.394 e. The maximum atomic E-state index is 11.0. The van der Waals surface area contributed by atoms with E-state index >= 15 is 0 Å². The van der Waals surface area contributed by atoms with Gasteiger partial charge in [0.1, 0.15) is 24.6 Å². The van der Waals surface area contributed by atoms with E-state index in [1.807, 2.05) is 0 Å². The minimum atomic E-state index is -1.33. The Kier molecular flexibility index (Phi) is 3.07. The average molecular weight is 244 g/mol. The van der Waals surface area contributed by atoms with E-state index in [1.54, 1.807) is 0 Å². The number of nitrogens with zero attached hydrogens (tertiary/aromatic N) is 3. The zero-order valence-electron chi connectivity index (χ0n) is 8.67. The van der Waals surface area contributed by atoms with Crippen LogP contribution in [0.3, 0.4) is 0 Å². The van der Waals surface area contributed by atoms with E-state index in [0.29, 0.717) is 0 Å². The summed E-state index contributed by atoms with van der Waals surface area (Å²) >= 11 is 0. The van der Waals surface area contributed by atoms with Crippen molar-refractivity contribution in [3.8, 4) is 0 Å². The van der Waals surface area contributed by atoms with E-state index in [2.05, 4.69) is 10.1 Å². The molecule has 1 aliphatic rings. The normalized spacial score (nSPS) is 32.9. The lowest BCUT2D eigenvalue weighted by molar-refractivity contribution is -0.0595. The predicted octanol–water partition coefficient (Wildman–Crippen LogP) is -3.01. The highest BCUT2D eigenvalue weighted by molar-refractivity contribution is 5.88. The second kappa shape index (κ2) is 4.37. The lowest BCUT2D eigenvalue weighted by Gasteiger charge is -2.15. The van der Waals surface area contributed by atoms with Crippen molar-refractivity contribution in [3.05, 3.63) is 12.2 Å². The third-order valence-electron chi connectivity index (χ3n) is 2.55. The molecule has 94 valence electrons. The Bertz CT molecular complexity index is 422. The molecule has 0 spiro atoms. The van der Waals surface area contributed by atoms with E-state index in [0.717, 1.165) is 11.0 Å². The van der Waals surface area contributed by atoms with Gasteiger partial charge in [0.25, 0.3) is 5.91 Å². The Morgan fingerprint density at radius 1 is 1.53 bits per heavy atom. The van der Waals surface area contributed by atoms with Gasteiger partial charge in [0.15, 0.2) is 6.23 Å². The third-order valence-corrected chi connectivity index (χ3v) is 2.55. The Balaban J connectivity index is 2.29. The van der Waals surface area contributed by atoms with Crippen LogP contribution in [-0.4, -0.2) is 60.9 Å². The number of aromatic nitrogens is 3. The number of aliphatic hydroxyl groups is 3. The fourth-order valence-corrected chi connectivity index (χ4v) is 1.69. The first-order valence-electron chi connectivity index (χ1n) is 4.88. The van der Waals surface area contributed by atoms with Crippen molar-refractivity contribution >= 4 is 5.91 Å². The van der Waals surface area contributed by atoms with Crippen molar-refractivity contribution in [3.63, 3.8) is 0 Å². The van der Waals surface area contributed by atoms with Crippen LogP contribution in [-0.2, 0) is 4.74 Å². The van der Waals surface area contributed by atoms with Crippen LogP contribution in [0.1, 0.15) is 16.8 Å². The molecule has 2 rings (SSSR count). The number of hydrogen-bond acceptors (Lipinski definition) is 7. The Morgan fingerprint density at radius 3 is 2.76 bits per heavy atom. The van der Waals surface area contributed by atoms with Gasteiger partial charge in [-0.3, -0.25) is 4.79 Å². The smallest absolute Gasteiger partial charge is 0.286 e. The van der Waals surface area contributed by atoms with E-state index in [4.69, 9.17) is 15.6 Å². The van der Waals surface area contributed by atoms with E-state index in [9.17, 15) is 15.0 Å². The molecule has 17 heavy (non-hydrogen) atoms. The van der Waals surface area contributed by atoms with Gasteiger partial charge in [0, 0.05) is 0 Å². The summed E-state index contributed by atoms with van der Waals surface area (Å²) < 4.78 is 6.15. The highest BCUT2D eigenvalue weighted by Crippen LogP contribution is 2.29. The first kappa shape index (κ1) is 11.9. The molecule has 0 bridgehead atoms. The number of hydrogen-bond donors (Lipinski definition) is 4. The number of carbonyl (C=O) groups is 1. The molecular weight excluding hydrogens is 232 g/mol. The van der Waals surface area contributed by atoms with E-state index < -0.39 is 37.1 Å². The molecule has 0 unspecified atom stereocenters. The lowest BCUT2D eigenvalue weighted by atomic mass is 10.1. The lowest BCUT2D eigenvalue weighted by Crippen LogP contribution is -2.34. The average Bonchev–Trinajstić information content (AvgIpc) is 2.86. The molecule has 9 heteroatoms. The summed E-state index contributed by atoms with van der Waals surface area (Å²) in [7, 11) is 0. The van der Waals surface area contributed by atoms with Crippen LogP contribution in [0.5, 0.6) is 0 Å². The first-order valence-corrected chi connectivity index (χ1v) is 4.88. The fraction of sp³-hybridized carbons (Fsp3) is 0.625. The Hall–Kier alpha value is -1.55. The molecule has 0 aromatic carbocycles. The summed E-state index contributed by atoms with van der Waals surface area (Å²) in [6.07, 6.45) is -3.57. The van der Waals surface area contributed by atoms with Crippen LogP contribution in [0.4, 0.5) is 0 Å². The van der Waals surface area contributed by atoms with Gasteiger partial charge in [-0.15, -0.1) is 0 Å². The van der Waals surface area contributed by atoms with Crippen molar-refractivity contribution in [2.45, 2.75) is 24.5 Å². The fourth-order valence-electron chi connectivity index (χ4n) is 1.69. The number of rotatable bonds is 3. The van der Waals surface area contributed by atoms with Crippen molar-refractivity contribution in [2.75, 3.05) is 6.61 Å². The maximum absolute atomic E-state index is 11.0. The van der Waals surface area contributed by atoms with Crippen molar-refractivity contribution in [1.29, 1.82) is 0 Å². The van der Waals surface area contributed by atoms with Crippen LogP contribution in [0.2, 0.25) is 0 Å². The van der Waals surface area contributed by atoms with E-state index in [-0.39, 0.29) is 5.82 Å². The van der Waals surface area contributed by atoms with Crippen LogP contribution in [0, 0.1) is 0 Å². The number of ether oxygens (including phenoxy) is 1. The third kappa shape index (κ3) is 1.89. The molecule has 0 radical (unpaired) electrons. The van der Waals surface area contributed by atoms with Gasteiger partial charge in [0.2, 0.25) is 5.82 Å². The standard InChI is InChI=1S/C8H12N4O5/c9-6(16)7-10-2-11-12(7)8-5(15)4(14)3(1-13)17-8/h2-5,8,13-15H,1H2,(H2,9,16)/t3-,4+,5+,8-/m1/s1. The maximum Gasteiger partial charge on any atom is 0.286 e. The number of primary amides is 1.